The van der Waals surface area contributed by atoms with Gasteiger partial charge in [-0.2, -0.15) is 0 Å². The van der Waals surface area contributed by atoms with Gasteiger partial charge in [-0.25, -0.2) is 0 Å². The molecule has 1 atom stereocenters. The van der Waals surface area contributed by atoms with E-state index in [4.69, 9.17) is 0 Å². The Balaban J connectivity index is 2.22. The summed E-state index contributed by atoms with van der Waals surface area (Å²) in [5.74, 6) is 0. The van der Waals surface area contributed by atoms with E-state index in [1.807, 2.05) is 0 Å². The van der Waals surface area contributed by atoms with Crippen LogP contribution in [0.25, 0.3) is 0 Å². The zero-order chi connectivity index (χ0) is 11.4. The SMILES string of the molecule is CCNC(C)c1ccccc1N1CCCC1. The van der Waals surface area contributed by atoms with E-state index in [1.165, 1.54) is 37.2 Å². The van der Waals surface area contributed by atoms with Gasteiger partial charge in [-0.05, 0) is 37.9 Å². The average Bonchev–Trinajstić information content (AvgIpc) is 2.83. The minimum Gasteiger partial charge on any atom is -0.371 e. The number of nitrogens with one attached hydrogen (secondary N) is 1. The van der Waals surface area contributed by atoms with Crippen LogP contribution in [0.4, 0.5) is 5.69 Å². The van der Waals surface area contributed by atoms with Crippen molar-refractivity contribution in [3.05, 3.63) is 29.8 Å². The summed E-state index contributed by atoms with van der Waals surface area (Å²) in [6, 6.07) is 9.25. The summed E-state index contributed by atoms with van der Waals surface area (Å²) in [7, 11) is 0. The summed E-state index contributed by atoms with van der Waals surface area (Å²) < 4.78 is 0. The van der Waals surface area contributed by atoms with Crippen LogP contribution in [0.15, 0.2) is 24.3 Å². The van der Waals surface area contributed by atoms with Gasteiger partial charge in [-0.3, -0.25) is 0 Å². The lowest BCUT2D eigenvalue weighted by atomic mass is 10.1. The molecule has 16 heavy (non-hydrogen) atoms. The predicted octanol–water partition coefficient (Wildman–Crippen LogP) is 2.96. The molecule has 1 aliphatic heterocycles. The second kappa shape index (κ2) is 5.35. The van der Waals surface area contributed by atoms with Crippen molar-refractivity contribution in [1.82, 2.24) is 5.32 Å². The topological polar surface area (TPSA) is 15.3 Å². The van der Waals surface area contributed by atoms with Crippen LogP contribution in [0, 0.1) is 0 Å². The first kappa shape index (κ1) is 11.5. The maximum Gasteiger partial charge on any atom is 0.0414 e. The van der Waals surface area contributed by atoms with E-state index in [2.05, 4.69) is 48.3 Å². The lowest BCUT2D eigenvalue weighted by molar-refractivity contribution is 0.597. The molecule has 88 valence electrons. The van der Waals surface area contributed by atoms with E-state index >= 15 is 0 Å². The summed E-state index contributed by atoms with van der Waals surface area (Å²) in [6.07, 6.45) is 2.67. The molecule has 1 aliphatic rings. The molecule has 0 aromatic heterocycles. The van der Waals surface area contributed by atoms with Crippen molar-refractivity contribution in [1.29, 1.82) is 0 Å². The van der Waals surface area contributed by atoms with E-state index in [0.29, 0.717) is 6.04 Å². The maximum atomic E-state index is 3.50. The van der Waals surface area contributed by atoms with Crippen molar-refractivity contribution in [2.75, 3.05) is 24.5 Å². The molecule has 1 aromatic carbocycles. The first-order valence-corrected chi connectivity index (χ1v) is 6.40. The number of anilines is 1. The lowest BCUT2D eigenvalue weighted by Crippen LogP contribution is -2.24. The Morgan fingerprint density at radius 3 is 2.62 bits per heavy atom. The van der Waals surface area contributed by atoms with Gasteiger partial charge in [-0.1, -0.05) is 25.1 Å². The molecule has 1 aromatic rings. The molecule has 0 aliphatic carbocycles. The van der Waals surface area contributed by atoms with Crippen molar-refractivity contribution in [3.63, 3.8) is 0 Å². The van der Waals surface area contributed by atoms with Gasteiger partial charge in [-0.15, -0.1) is 0 Å². The summed E-state index contributed by atoms with van der Waals surface area (Å²) in [5, 5.41) is 3.50. The van der Waals surface area contributed by atoms with Gasteiger partial charge in [0.1, 0.15) is 0 Å². The van der Waals surface area contributed by atoms with Gasteiger partial charge < -0.3 is 10.2 Å². The average molecular weight is 218 g/mol. The van der Waals surface area contributed by atoms with E-state index in [1.54, 1.807) is 0 Å². The molecule has 0 bridgehead atoms. The highest BCUT2D eigenvalue weighted by Gasteiger charge is 2.17. The van der Waals surface area contributed by atoms with Crippen molar-refractivity contribution >= 4 is 5.69 Å². The monoisotopic (exact) mass is 218 g/mol. The highest BCUT2D eigenvalue weighted by molar-refractivity contribution is 5.55. The quantitative estimate of drug-likeness (QED) is 0.836. The largest absolute Gasteiger partial charge is 0.371 e. The molecule has 2 heteroatoms. The Bertz CT molecular complexity index is 329. The minimum atomic E-state index is 0.446. The number of benzene rings is 1. The zero-order valence-electron chi connectivity index (χ0n) is 10.4. The Morgan fingerprint density at radius 1 is 1.25 bits per heavy atom. The summed E-state index contributed by atoms with van der Waals surface area (Å²) in [5.41, 5.74) is 2.86. The van der Waals surface area contributed by atoms with Crippen LogP contribution in [0.2, 0.25) is 0 Å². The fraction of sp³-hybridized carbons (Fsp3) is 0.571. The van der Waals surface area contributed by atoms with E-state index in [9.17, 15) is 0 Å². The molecule has 1 fully saturated rings. The molecule has 0 amide bonds. The fourth-order valence-electron chi connectivity index (χ4n) is 2.52. The number of nitrogens with zero attached hydrogens (tertiary/aromatic N) is 1. The van der Waals surface area contributed by atoms with Crippen molar-refractivity contribution in [2.24, 2.45) is 0 Å². The number of hydrogen-bond acceptors (Lipinski definition) is 2. The van der Waals surface area contributed by atoms with Crippen LogP contribution in [-0.4, -0.2) is 19.6 Å². The molecule has 1 N–H and O–H groups in total. The second-order valence-corrected chi connectivity index (χ2v) is 4.53. The molecule has 0 radical (unpaired) electrons. The van der Waals surface area contributed by atoms with Crippen molar-refractivity contribution in [3.8, 4) is 0 Å². The summed E-state index contributed by atoms with van der Waals surface area (Å²) in [4.78, 5) is 2.52. The normalized spacial score (nSPS) is 17.8. The van der Waals surface area contributed by atoms with Gasteiger partial charge in [0.05, 0.1) is 0 Å². The maximum absolute atomic E-state index is 3.50. The molecule has 1 heterocycles. The van der Waals surface area contributed by atoms with Gasteiger partial charge in [0, 0.05) is 24.8 Å². The van der Waals surface area contributed by atoms with Gasteiger partial charge in [0.25, 0.3) is 0 Å². The third-order valence-corrected chi connectivity index (χ3v) is 3.36. The third-order valence-electron chi connectivity index (χ3n) is 3.36. The molecule has 1 saturated heterocycles. The molecule has 0 spiro atoms. The smallest absolute Gasteiger partial charge is 0.0414 e. The van der Waals surface area contributed by atoms with Gasteiger partial charge in [0.15, 0.2) is 0 Å². The highest BCUT2D eigenvalue weighted by Crippen LogP contribution is 2.28. The first-order valence-electron chi connectivity index (χ1n) is 6.40. The van der Waals surface area contributed by atoms with Gasteiger partial charge in [0.2, 0.25) is 0 Å². The summed E-state index contributed by atoms with van der Waals surface area (Å²) in [6.45, 7) is 7.87. The number of rotatable bonds is 4. The first-order chi connectivity index (χ1) is 7.83. The number of para-hydroxylation sites is 1. The van der Waals surface area contributed by atoms with Crippen molar-refractivity contribution in [2.45, 2.75) is 32.7 Å². The predicted molar refractivity (Wildman–Crippen MR) is 70.0 cm³/mol. The van der Waals surface area contributed by atoms with E-state index in [-0.39, 0.29) is 0 Å². The Kier molecular flexibility index (Phi) is 3.83. The summed E-state index contributed by atoms with van der Waals surface area (Å²) >= 11 is 0. The van der Waals surface area contributed by atoms with Crippen LogP contribution < -0.4 is 10.2 Å². The van der Waals surface area contributed by atoms with Crippen LogP contribution in [0.3, 0.4) is 0 Å². The lowest BCUT2D eigenvalue weighted by Gasteiger charge is -2.24. The van der Waals surface area contributed by atoms with E-state index in [0.717, 1.165) is 6.54 Å². The fourth-order valence-corrected chi connectivity index (χ4v) is 2.52. The highest BCUT2D eigenvalue weighted by atomic mass is 15.1. The third kappa shape index (κ3) is 2.38. The van der Waals surface area contributed by atoms with Crippen molar-refractivity contribution < 1.29 is 0 Å². The van der Waals surface area contributed by atoms with Gasteiger partial charge >= 0.3 is 0 Å². The molecular weight excluding hydrogens is 196 g/mol. The van der Waals surface area contributed by atoms with Crippen LogP contribution in [0.5, 0.6) is 0 Å². The molecule has 0 saturated carbocycles. The zero-order valence-corrected chi connectivity index (χ0v) is 10.4. The molecule has 2 rings (SSSR count). The minimum absolute atomic E-state index is 0.446. The van der Waals surface area contributed by atoms with E-state index < -0.39 is 0 Å². The van der Waals surface area contributed by atoms with Crippen LogP contribution in [-0.2, 0) is 0 Å². The Labute approximate surface area is 98.7 Å². The number of hydrogen-bond donors (Lipinski definition) is 1. The molecule has 2 nitrogen and oxygen atoms in total. The molecular formula is C14H22N2. The standard InChI is InChI=1S/C14H22N2/c1-3-15-12(2)13-8-4-5-9-14(13)16-10-6-7-11-16/h4-5,8-9,12,15H,3,6-7,10-11H2,1-2H3. The Hall–Kier alpha value is -1.02. The van der Waals surface area contributed by atoms with Crippen LogP contribution in [0.1, 0.15) is 38.3 Å². The Morgan fingerprint density at radius 2 is 1.94 bits per heavy atom. The van der Waals surface area contributed by atoms with Crippen LogP contribution >= 0.6 is 0 Å². The second-order valence-electron chi connectivity index (χ2n) is 4.53. The molecule has 1 unspecified atom stereocenters.